The molecule has 1 heterocycles. The molecule has 20 heavy (non-hydrogen) atoms. The molecule has 0 atom stereocenters. The minimum Gasteiger partial charge on any atom is -0.375 e. The maximum atomic E-state index is 13.9. The van der Waals surface area contributed by atoms with Crippen molar-refractivity contribution in [3.05, 3.63) is 46.8 Å². The van der Waals surface area contributed by atoms with Crippen molar-refractivity contribution in [1.29, 1.82) is 0 Å². The molecule has 0 unspecified atom stereocenters. The molecule has 2 rings (SSSR count). The third-order valence-electron chi connectivity index (χ3n) is 3.31. The molecular weight excluding hydrogens is 260 g/mol. The van der Waals surface area contributed by atoms with E-state index in [0.29, 0.717) is 12.1 Å². The molecule has 1 N–H and O–H groups in total. The maximum Gasteiger partial charge on any atom is 0.152 e. The summed E-state index contributed by atoms with van der Waals surface area (Å²) in [5, 5.41) is 7.25. The number of hydrogen-bond acceptors (Lipinski definition) is 2. The van der Waals surface area contributed by atoms with Gasteiger partial charge in [0.05, 0.1) is 17.9 Å². The quantitative estimate of drug-likeness (QED) is 0.905. The Morgan fingerprint density at radius 1 is 1.25 bits per heavy atom. The second kappa shape index (κ2) is 6.03. The van der Waals surface area contributed by atoms with Crippen LogP contribution in [0.2, 0.25) is 0 Å². The van der Waals surface area contributed by atoms with Crippen molar-refractivity contribution in [3.63, 3.8) is 0 Å². The van der Waals surface area contributed by atoms with E-state index in [-0.39, 0.29) is 5.69 Å². The molecule has 0 aliphatic carbocycles. The van der Waals surface area contributed by atoms with Gasteiger partial charge in [0, 0.05) is 6.54 Å². The number of nitrogens with zero attached hydrogens (tertiary/aromatic N) is 2. The first-order chi connectivity index (χ1) is 9.56. The minimum absolute atomic E-state index is 0.0769. The molecule has 5 heteroatoms. The van der Waals surface area contributed by atoms with Crippen LogP contribution < -0.4 is 5.32 Å². The van der Waals surface area contributed by atoms with Gasteiger partial charge in [-0.2, -0.15) is 5.10 Å². The van der Waals surface area contributed by atoms with E-state index in [9.17, 15) is 8.78 Å². The smallest absolute Gasteiger partial charge is 0.152 e. The van der Waals surface area contributed by atoms with Crippen molar-refractivity contribution >= 4 is 5.69 Å². The lowest BCUT2D eigenvalue weighted by Gasteiger charge is -2.11. The van der Waals surface area contributed by atoms with Crippen molar-refractivity contribution in [2.45, 2.75) is 40.3 Å². The van der Waals surface area contributed by atoms with Crippen LogP contribution >= 0.6 is 0 Å². The van der Waals surface area contributed by atoms with Gasteiger partial charge in [-0.3, -0.25) is 4.68 Å². The topological polar surface area (TPSA) is 29.9 Å². The summed E-state index contributed by atoms with van der Waals surface area (Å²) in [6, 6.07) is 4.67. The lowest BCUT2D eigenvalue weighted by Crippen LogP contribution is -2.10. The van der Waals surface area contributed by atoms with E-state index in [1.807, 2.05) is 24.6 Å². The molecule has 0 spiro atoms. The Balaban J connectivity index is 2.21. The molecule has 0 fully saturated rings. The fraction of sp³-hybridized carbons (Fsp3) is 0.400. The van der Waals surface area contributed by atoms with Crippen molar-refractivity contribution < 1.29 is 8.78 Å². The monoisotopic (exact) mass is 279 g/mol. The zero-order valence-corrected chi connectivity index (χ0v) is 12.0. The third kappa shape index (κ3) is 2.81. The van der Waals surface area contributed by atoms with Gasteiger partial charge in [0.15, 0.2) is 5.82 Å². The van der Waals surface area contributed by atoms with Crippen LogP contribution in [-0.2, 0) is 19.5 Å². The Labute approximate surface area is 117 Å². The van der Waals surface area contributed by atoms with Gasteiger partial charge in [-0.05, 0) is 38.0 Å². The molecule has 0 saturated carbocycles. The van der Waals surface area contributed by atoms with E-state index in [1.54, 1.807) is 6.92 Å². The first-order valence-electron chi connectivity index (χ1n) is 6.80. The standard InChI is InChI=1S/C15H19F2N3/c1-4-11-8-12(20(5-2)19-11)9-18-15-13(16)7-6-10(3)14(15)17/h6-8,18H,4-5,9H2,1-3H3. The molecule has 108 valence electrons. The second-order valence-electron chi connectivity index (χ2n) is 4.70. The first kappa shape index (κ1) is 14.5. The highest BCUT2D eigenvalue weighted by Crippen LogP contribution is 2.22. The molecule has 0 aliphatic heterocycles. The highest BCUT2D eigenvalue weighted by atomic mass is 19.1. The van der Waals surface area contributed by atoms with Crippen molar-refractivity contribution in [2.24, 2.45) is 0 Å². The summed E-state index contributed by atoms with van der Waals surface area (Å²) in [6.45, 7) is 6.71. The average Bonchev–Trinajstić information content (AvgIpc) is 2.85. The van der Waals surface area contributed by atoms with E-state index in [0.717, 1.165) is 24.4 Å². The number of rotatable bonds is 5. The minimum atomic E-state index is -0.577. The van der Waals surface area contributed by atoms with Crippen LogP contribution in [0.5, 0.6) is 0 Å². The lowest BCUT2D eigenvalue weighted by atomic mass is 10.2. The van der Waals surface area contributed by atoms with Crippen LogP contribution in [0.25, 0.3) is 0 Å². The van der Waals surface area contributed by atoms with Gasteiger partial charge < -0.3 is 5.32 Å². The van der Waals surface area contributed by atoms with E-state index in [4.69, 9.17) is 0 Å². The normalized spacial score (nSPS) is 10.8. The highest BCUT2D eigenvalue weighted by molar-refractivity contribution is 5.49. The Hall–Kier alpha value is -1.91. The number of aryl methyl sites for hydroxylation is 3. The largest absolute Gasteiger partial charge is 0.375 e. The van der Waals surface area contributed by atoms with Crippen LogP contribution in [0.1, 0.15) is 30.8 Å². The van der Waals surface area contributed by atoms with Gasteiger partial charge in [0.25, 0.3) is 0 Å². The predicted octanol–water partition coefficient (Wildman–Crippen LogP) is 3.66. The van der Waals surface area contributed by atoms with E-state index < -0.39 is 11.6 Å². The van der Waals surface area contributed by atoms with E-state index >= 15 is 0 Å². The fourth-order valence-corrected chi connectivity index (χ4v) is 2.10. The molecule has 2 aromatic rings. The average molecular weight is 279 g/mol. The summed E-state index contributed by atoms with van der Waals surface area (Å²) in [7, 11) is 0. The highest BCUT2D eigenvalue weighted by Gasteiger charge is 2.12. The van der Waals surface area contributed by atoms with E-state index in [1.165, 1.54) is 12.1 Å². The van der Waals surface area contributed by atoms with Crippen LogP contribution in [0.15, 0.2) is 18.2 Å². The number of aromatic nitrogens is 2. The summed E-state index contributed by atoms with van der Waals surface area (Å²) in [6.07, 6.45) is 0.840. The van der Waals surface area contributed by atoms with Gasteiger partial charge >= 0.3 is 0 Å². The van der Waals surface area contributed by atoms with Gasteiger partial charge in [-0.1, -0.05) is 13.0 Å². The van der Waals surface area contributed by atoms with Crippen LogP contribution in [0.3, 0.4) is 0 Å². The molecule has 1 aromatic carbocycles. The fourth-order valence-electron chi connectivity index (χ4n) is 2.10. The summed E-state index contributed by atoms with van der Waals surface area (Å²) >= 11 is 0. The molecule has 0 radical (unpaired) electrons. The molecular formula is C15H19F2N3. The lowest BCUT2D eigenvalue weighted by molar-refractivity contribution is 0.579. The number of anilines is 1. The summed E-state index contributed by atoms with van der Waals surface area (Å²) in [5.41, 5.74) is 2.25. The summed E-state index contributed by atoms with van der Waals surface area (Å²) in [4.78, 5) is 0. The van der Waals surface area contributed by atoms with Crippen LogP contribution in [0.4, 0.5) is 14.5 Å². The second-order valence-corrected chi connectivity index (χ2v) is 4.70. The molecule has 3 nitrogen and oxygen atoms in total. The van der Waals surface area contributed by atoms with Gasteiger partial charge in [0.1, 0.15) is 11.5 Å². The van der Waals surface area contributed by atoms with Crippen molar-refractivity contribution in [3.8, 4) is 0 Å². The molecule has 0 saturated heterocycles. The van der Waals surface area contributed by atoms with Crippen molar-refractivity contribution in [2.75, 3.05) is 5.32 Å². The SMILES string of the molecule is CCc1cc(CNc2c(F)ccc(C)c2F)n(CC)n1. The Bertz CT molecular complexity index is 605. The molecule has 0 amide bonds. The van der Waals surface area contributed by atoms with Crippen molar-refractivity contribution in [1.82, 2.24) is 9.78 Å². The zero-order valence-electron chi connectivity index (χ0n) is 12.0. The Morgan fingerprint density at radius 3 is 2.65 bits per heavy atom. The number of halogens is 2. The predicted molar refractivity (Wildman–Crippen MR) is 75.7 cm³/mol. The molecule has 1 aromatic heterocycles. The van der Waals surface area contributed by atoms with Crippen LogP contribution in [0, 0.1) is 18.6 Å². The van der Waals surface area contributed by atoms with Crippen LogP contribution in [-0.4, -0.2) is 9.78 Å². The Kier molecular flexibility index (Phi) is 4.37. The van der Waals surface area contributed by atoms with Gasteiger partial charge in [0.2, 0.25) is 0 Å². The summed E-state index contributed by atoms with van der Waals surface area (Å²) < 4.78 is 29.4. The number of nitrogens with one attached hydrogen (secondary N) is 1. The first-order valence-corrected chi connectivity index (χ1v) is 6.80. The van der Waals surface area contributed by atoms with Gasteiger partial charge in [-0.25, -0.2) is 8.78 Å². The third-order valence-corrected chi connectivity index (χ3v) is 3.31. The molecule has 0 aliphatic rings. The Morgan fingerprint density at radius 2 is 2.00 bits per heavy atom. The van der Waals surface area contributed by atoms with Gasteiger partial charge in [-0.15, -0.1) is 0 Å². The number of benzene rings is 1. The summed E-state index contributed by atoms with van der Waals surface area (Å²) in [5.74, 6) is -1.12. The molecule has 0 bridgehead atoms. The maximum absolute atomic E-state index is 13.9. The number of hydrogen-bond donors (Lipinski definition) is 1. The van der Waals surface area contributed by atoms with E-state index in [2.05, 4.69) is 10.4 Å². The zero-order chi connectivity index (χ0) is 14.7.